The van der Waals surface area contributed by atoms with E-state index in [0.717, 1.165) is 25.2 Å². The fourth-order valence-electron chi connectivity index (χ4n) is 4.27. The number of fused-ring (bicyclic) bond motifs is 1. The average molecular weight is 336 g/mol. The van der Waals surface area contributed by atoms with E-state index in [1.54, 1.807) is 0 Å². The monoisotopic (exact) mass is 336 g/mol. The van der Waals surface area contributed by atoms with Gasteiger partial charge in [0.15, 0.2) is 5.78 Å². The molecule has 5 nitrogen and oxygen atoms in total. The Bertz CT molecular complexity index is 811. The maximum absolute atomic E-state index is 12.8. The largest absolute Gasteiger partial charge is 0.371 e. The number of nitrogens with zero attached hydrogens (tertiary/aromatic N) is 3. The molecule has 4 rings (SSSR count). The van der Waals surface area contributed by atoms with E-state index in [2.05, 4.69) is 39.1 Å². The van der Waals surface area contributed by atoms with Gasteiger partial charge in [-0.15, -0.1) is 0 Å². The number of piperidine rings is 1. The van der Waals surface area contributed by atoms with E-state index < -0.39 is 0 Å². The summed E-state index contributed by atoms with van der Waals surface area (Å²) in [7, 11) is 0. The summed E-state index contributed by atoms with van der Waals surface area (Å²) >= 11 is 0. The summed E-state index contributed by atoms with van der Waals surface area (Å²) in [5.74, 6) is 0.554. The van der Waals surface area contributed by atoms with Crippen molar-refractivity contribution >= 4 is 17.4 Å². The lowest BCUT2D eigenvalue weighted by Crippen LogP contribution is -2.31. The van der Waals surface area contributed by atoms with Gasteiger partial charge in [-0.3, -0.25) is 4.79 Å². The van der Waals surface area contributed by atoms with Crippen LogP contribution in [0.25, 0.3) is 0 Å². The predicted molar refractivity (Wildman–Crippen MR) is 99.1 cm³/mol. The van der Waals surface area contributed by atoms with E-state index in [4.69, 9.17) is 5.73 Å². The van der Waals surface area contributed by atoms with Crippen LogP contribution in [0.4, 0.5) is 11.6 Å². The molecule has 1 aliphatic heterocycles. The molecule has 1 atom stereocenters. The van der Waals surface area contributed by atoms with Gasteiger partial charge < -0.3 is 10.6 Å². The number of hydrogen-bond acceptors (Lipinski definition) is 5. The lowest BCUT2D eigenvalue weighted by Gasteiger charge is -2.33. The zero-order valence-corrected chi connectivity index (χ0v) is 14.7. The summed E-state index contributed by atoms with van der Waals surface area (Å²) < 4.78 is 0. The van der Waals surface area contributed by atoms with E-state index in [-0.39, 0.29) is 17.6 Å². The number of aryl methyl sites for hydroxylation is 1. The van der Waals surface area contributed by atoms with Crippen LogP contribution >= 0.6 is 0 Å². The summed E-state index contributed by atoms with van der Waals surface area (Å²) in [6.45, 7) is 4.04. The van der Waals surface area contributed by atoms with Crippen LogP contribution in [0.1, 0.15) is 58.9 Å². The number of carbonyl (C=O) groups is 1. The maximum Gasteiger partial charge on any atom is 0.220 e. The van der Waals surface area contributed by atoms with Gasteiger partial charge in [0.2, 0.25) is 5.95 Å². The first kappa shape index (κ1) is 16.1. The molecular formula is C20H24N4O. The van der Waals surface area contributed by atoms with Gasteiger partial charge in [0.25, 0.3) is 0 Å². The van der Waals surface area contributed by atoms with Gasteiger partial charge in [-0.25, -0.2) is 9.97 Å². The Morgan fingerprint density at radius 3 is 2.64 bits per heavy atom. The summed E-state index contributed by atoms with van der Waals surface area (Å²) in [5.41, 5.74) is 10.6. The first-order chi connectivity index (χ1) is 12.1. The highest BCUT2D eigenvalue weighted by Crippen LogP contribution is 2.38. The van der Waals surface area contributed by atoms with E-state index in [1.807, 2.05) is 6.92 Å². The van der Waals surface area contributed by atoms with Crippen LogP contribution in [0.5, 0.6) is 0 Å². The zero-order valence-electron chi connectivity index (χ0n) is 14.7. The third kappa shape index (κ3) is 2.99. The minimum Gasteiger partial charge on any atom is -0.371 e. The molecule has 25 heavy (non-hydrogen) atoms. The molecule has 0 radical (unpaired) electrons. The number of carbonyl (C=O) groups excluding carboxylic acids is 1. The molecule has 1 aliphatic carbocycles. The number of Topliss-reactive ketones (excluding diaryl/α,β-unsaturated/α-hetero) is 1. The SMILES string of the molecule is Cc1nc(N)nc2c1C(=O)CC(c1ccccc1N1CCCCC1)C2. The molecule has 2 N–H and O–H groups in total. The number of rotatable bonds is 2. The second-order valence-corrected chi connectivity index (χ2v) is 7.12. The van der Waals surface area contributed by atoms with Crippen LogP contribution in [0, 0.1) is 6.92 Å². The number of aromatic nitrogens is 2. The quantitative estimate of drug-likeness (QED) is 0.911. The van der Waals surface area contributed by atoms with Crippen molar-refractivity contribution in [2.75, 3.05) is 23.7 Å². The van der Waals surface area contributed by atoms with E-state index >= 15 is 0 Å². The highest BCUT2D eigenvalue weighted by atomic mass is 16.1. The van der Waals surface area contributed by atoms with Gasteiger partial charge in [-0.1, -0.05) is 18.2 Å². The van der Waals surface area contributed by atoms with Crippen molar-refractivity contribution in [2.24, 2.45) is 0 Å². The van der Waals surface area contributed by atoms with Gasteiger partial charge in [0.1, 0.15) is 0 Å². The van der Waals surface area contributed by atoms with Crippen LogP contribution in [-0.2, 0) is 6.42 Å². The molecule has 2 aliphatic rings. The van der Waals surface area contributed by atoms with Crippen LogP contribution in [0.2, 0.25) is 0 Å². The fraction of sp³-hybridized carbons (Fsp3) is 0.450. The lowest BCUT2D eigenvalue weighted by atomic mass is 9.80. The third-order valence-corrected chi connectivity index (χ3v) is 5.41. The molecule has 0 saturated carbocycles. The molecule has 130 valence electrons. The fourth-order valence-corrected chi connectivity index (χ4v) is 4.27. The topological polar surface area (TPSA) is 72.1 Å². The molecule has 2 aromatic rings. The summed E-state index contributed by atoms with van der Waals surface area (Å²) in [4.78, 5) is 23.8. The Morgan fingerprint density at radius 1 is 1.08 bits per heavy atom. The molecule has 0 bridgehead atoms. The molecule has 1 fully saturated rings. The maximum atomic E-state index is 12.8. The molecule has 1 unspecified atom stereocenters. The Morgan fingerprint density at radius 2 is 1.84 bits per heavy atom. The molecule has 1 aromatic carbocycles. The molecule has 1 saturated heterocycles. The van der Waals surface area contributed by atoms with Gasteiger partial charge in [0, 0.05) is 25.2 Å². The van der Waals surface area contributed by atoms with Crippen molar-refractivity contribution < 1.29 is 4.79 Å². The lowest BCUT2D eigenvalue weighted by molar-refractivity contribution is 0.0962. The van der Waals surface area contributed by atoms with Crippen molar-refractivity contribution in [3.05, 3.63) is 46.8 Å². The standard InChI is InChI=1S/C20H24N4O/c1-13-19-16(23-20(21)22-13)11-14(12-18(19)25)15-7-3-4-8-17(15)24-9-5-2-6-10-24/h3-4,7-8,14H,2,5-6,9-12H2,1H3,(H2,21,22,23). The van der Waals surface area contributed by atoms with Crippen molar-refractivity contribution in [3.8, 4) is 0 Å². The van der Waals surface area contributed by atoms with Crippen LogP contribution in [0.3, 0.4) is 0 Å². The summed E-state index contributed by atoms with van der Waals surface area (Å²) in [6.07, 6.45) is 5.06. The molecule has 0 amide bonds. The van der Waals surface area contributed by atoms with Crippen LogP contribution in [-0.4, -0.2) is 28.8 Å². The van der Waals surface area contributed by atoms with Crippen molar-refractivity contribution in [1.82, 2.24) is 9.97 Å². The Labute approximate surface area is 148 Å². The first-order valence-corrected chi connectivity index (χ1v) is 9.13. The van der Waals surface area contributed by atoms with E-state index in [1.165, 1.54) is 30.5 Å². The number of benzene rings is 1. The predicted octanol–water partition coefficient (Wildman–Crippen LogP) is 3.27. The molecule has 1 aromatic heterocycles. The molecule has 0 spiro atoms. The number of ketones is 1. The van der Waals surface area contributed by atoms with E-state index in [9.17, 15) is 4.79 Å². The van der Waals surface area contributed by atoms with Crippen LogP contribution < -0.4 is 10.6 Å². The number of para-hydroxylation sites is 1. The number of nitrogens with two attached hydrogens (primary N) is 1. The van der Waals surface area contributed by atoms with Crippen molar-refractivity contribution in [2.45, 2.75) is 44.9 Å². The second-order valence-electron chi connectivity index (χ2n) is 7.12. The Balaban J connectivity index is 1.70. The Hall–Kier alpha value is -2.43. The molecular weight excluding hydrogens is 312 g/mol. The van der Waals surface area contributed by atoms with Gasteiger partial charge >= 0.3 is 0 Å². The molecule has 5 heteroatoms. The highest BCUT2D eigenvalue weighted by molar-refractivity contribution is 6.00. The van der Waals surface area contributed by atoms with Gasteiger partial charge in [0.05, 0.1) is 17.0 Å². The molecule has 2 heterocycles. The zero-order chi connectivity index (χ0) is 17.4. The number of hydrogen-bond donors (Lipinski definition) is 1. The van der Waals surface area contributed by atoms with Crippen molar-refractivity contribution in [1.29, 1.82) is 0 Å². The Kier molecular flexibility index (Phi) is 4.15. The second kappa shape index (κ2) is 6.47. The van der Waals surface area contributed by atoms with Gasteiger partial charge in [-0.05, 0) is 50.2 Å². The van der Waals surface area contributed by atoms with Gasteiger partial charge in [-0.2, -0.15) is 0 Å². The summed E-state index contributed by atoms with van der Waals surface area (Å²) in [5, 5.41) is 0. The highest BCUT2D eigenvalue weighted by Gasteiger charge is 2.31. The van der Waals surface area contributed by atoms with Crippen molar-refractivity contribution in [3.63, 3.8) is 0 Å². The minimum absolute atomic E-state index is 0.136. The summed E-state index contributed by atoms with van der Waals surface area (Å²) in [6, 6.07) is 8.53. The average Bonchev–Trinajstić information content (AvgIpc) is 2.61. The number of anilines is 2. The normalized spacial score (nSPS) is 20.4. The third-order valence-electron chi connectivity index (χ3n) is 5.41. The van der Waals surface area contributed by atoms with E-state index in [0.29, 0.717) is 17.7 Å². The van der Waals surface area contributed by atoms with Crippen LogP contribution in [0.15, 0.2) is 24.3 Å². The minimum atomic E-state index is 0.136. The first-order valence-electron chi connectivity index (χ1n) is 9.13. The smallest absolute Gasteiger partial charge is 0.220 e. The number of nitrogen functional groups attached to an aromatic ring is 1.